The minimum atomic E-state index is -0.0308. The van der Waals surface area contributed by atoms with E-state index in [4.69, 9.17) is 0 Å². The Morgan fingerprint density at radius 1 is 1.27 bits per heavy atom. The Bertz CT molecular complexity index is 1150. The second kappa shape index (κ2) is 5.54. The van der Waals surface area contributed by atoms with E-state index in [1.165, 1.54) is 11.8 Å². The number of hydrogen-bond donors (Lipinski definition) is 2. The summed E-state index contributed by atoms with van der Waals surface area (Å²) in [5, 5.41) is 4.42. The van der Waals surface area contributed by atoms with E-state index in [0.29, 0.717) is 4.90 Å². The van der Waals surface area contributed by atoms with Gasteiger partial charge in [-0.1, -0.05) is 11.8 Å². The van der Waals surface area contributed by atoms with Gasteiger partial charge in [-0.2, -0.15) is 0 Å². The molecule has 0 amide bonds. The highest BCUT2D eigenvalue weighted by Crippen LogP contribution is 2.44. The predicted molar refractivity (Wildman–Crippen MR) is 104 cm³/mol. The first-order chi connectivity index (χ1) is 12.6. The molecule has 2 aliphatic rings. The second-order valence-electron chi connectivity index (χ2n) is 6.54. The molecule has 0 bridgehead atoms. The normalized spacial score (nSPS) is 18.0. The highest BCUT2D eigenvalue weighted by atomic mass is 32.2. The van der Waals surface area contributed by atoms with Gasteiger partial charge in [0.25, 0.3) is 5.56 Å². The number of likely N-dealkylation sites (N-methyl/N-ethyl adjacent to an activating group) is 1. The fourth-order valence-electron chi connectivity index (χ4n) is 3.48. The fraction of sp³-hybridized carbons (Fsp3) is 0.158. The van der Waals surface area contributed by atoms with Crippen LogP contribution in [0.1, 0.15) is 5.69 Å². The smallest absolute Gasteiger partial charge is 0.272 e. The molecule has 7 heteroatoms. The molecule has 130 valence electrons. The lowest BCUT2D eigenvalue weighted by Crippen LogP contribution is -2.27. The molecule has 0 radical (unpaired) electrons. The average molecular weight is 363 g/mol. The minimum Gasteiger partial charge on any atom is -0.377 e. The summed E-state index contributed by atoms with van der Waals surface area (Å²) in [5.41, 5.74) is 4.77. The van der Waals surface area contributed by atoms with Crippen molar-refractivity contribution in [2.24, 2.45) is 0 Å². The van der Waals surface area contributed by atoms with Gasteiger partial charge in [-0.05, 0) is 36.5 Å². The predicted octanol–water partition coefficient (Wildman–Crippen LogP) is 2.54. The number of hydrogen-bond acceptors (Lipinski definition) is 5. The zero-order chi connectivity index (χ0) is 17.8. The van der Waals surface area contributed by atoms with Gasteiger partial charge in [0.2, 0.25) is 0 Å². The molecule has 0 aliphatic carbocycles. The molecule has 6 nitrogen and oxygen atoms in total. The van der Waals surface area contributed by atoms with Crippen LogP contribution < -0.4 is 10.9 Å². The van der Waals surface area contributed by atoms with E-state index in [1.54, 1.807) is 10.9 Å². The molecular weight excluding hydrogens is 346 g/mol. The van der Waals surface area contributed by atoms with Gasteiger partial charge in [-0.3, -0.25) is 9.36 Å². The molecule has 0 spiro atoms. The Balaban J connectivity index is 1.68. The summed E-state index contributed by atoms with van der Waals surface area (Å²) in [6.07, 6.45) is 7.48. The molecule has 4 heterocycles. The number of allylic oxidation sites excluding steroid dienone is 1. The van der Waals surface area contributed by atoms with Crippen molar-refractivity contribution in [3.63, 3.8) is 0 Å². The van der Waals surface area contributed by atoms with Crippen LogP contribution in [0.5, 0.6) is 0 Å². The van der Waals surface area contributed by atoms with Crippen molar-refractivity contribution in [3.05, 3.63) is 70.8 Å². The first kappa shape index (κ1) is 15.3. The maximum Gasteiger partial charge on any atom is 0.272 e. The summed E-state index contributed by atoms with van der Waals surface area (Å²) in [5.74, 6) is 0. The fourth-order valence-corrected chi connectivity index (χ4v) is 4.68. The van der Waals surface area contributed by atoms with Crippen LogP contribution >= 0.6 is 11.8 Å². The SMILES string of the molecule is CN(C)C1=C2c3ncn(-c4ccc5[nH]ccc5c4)c(=O)c3SC2NC=C1. The highest BCUT2D eigenvalue weighted by Gasteiger charge is 2.35. The number of aromatic nitrogens is 3. The molecule has 2 aliphatic heterocycles. The molecule has 0 saturated heterocycles. The summed E-state index contributed by atoms with van der Waals surface area (Å²) < 4.78 is 1.62. The summed E-state index contributed by atoms with van der Waals surface area (Å²) in [4.78, 5) is 23.7. The highest BCUT2D eigenvalue weighted by molar-refractivity contribution is 8.00. The van der Waals surface area contributed by atoms with E-state index in [0.717, 1.165) is 33.6 Å². The lowest BCUT2D eigenvalue weighted by molar-refractivity contribution is 0.526. The van der Waals surface area contributed by atoms with E-state index in [1.807, 2.05) is 56.8 Å². The van der Waals surface area contributed by atoms with Gasteiger partial charge in [-0.15, -0.1) is 0 Å². The number of rotatable bonds is 2. The van der Waals surface area contributed by atoms with E-state index in [9.17, 15) is 4.79 Å². The second-order valence-corrected chi connectivity index (χ2v) is 7.65. The molecule has 3 aromatic rings. The topological polar surface area (TPSA) is 66.0 Å². The Labute approximate surface area is 154 Å². The third-order valence-electron chi connectivity index (χ3n) is 4.75. The summed E-state index contributed by atoms with van der Waals surface area (Å²) >= 11 is 1.53. The van der Waals surface area contributed by atoms with Crippen molar-refractivity contribution in [2.45, 2.75) is 10.3 Å². The van der Waals surface area contributed by atoms with E-state index in [2.05, 4.69) is 20.2 Å². The minimum absolute atomic E-state index is 0.0237. The molecule has 26 heavy (non-hydrogen) atoms. The number of dihydropyridines is 1. The summed E-state index contributed by atoms with van der Waals surface area (Å²) in [7, 11) is 4.01. The number of benzene rings is 1. The van der Waals surface area contributed by atoms with Crippen LogP contribution in [-0.4, -0.2) is 38.9 Å². The van der Waals surface area contributed by atoms with Crippen molar-refractivity contribution in [1.29, 1.82) is 0 Å². The lowest BCUT2D eigenvalue weighted by Gasteiger charge is -2.24. The maximum absolute atomic E-state index is 13.2. The number of nitrogens with one attached hydrogen (secondary N) is 2. The first-order valence-electron chi connectivity index (χ1n) is 8.34. The van der Waals surface area contributed by atoms with Crippen LogP contribution in [-0.2, 0) is 0 Å². The Hall–Kier alpha value is -2.93. The molecule has 1 unspecified atom stereocenters. The van der Waals surface area contributed by atoms with Crippen molar-refractivity contribution >= 4 is 28.2 Å². The number of H-pyrrole nitrogens is 1. The third-order valence-corrected chi connectivity index (χ3v) is 5.96. The van der Waals surface area contributed by atoms with E-state index in [-0.39, 0.29) is 10.9 Å². The number of thioether (sulfide) groups is 1. The van der Waals surface area contributed by atoms with E-state index >= 15 is 0 Å². The maximum atomic E-state index is 13.2. The molecule has 5 rings (SSSR count). The quantitative estimate of drug-likeness (QED) is 0.732. The lowest BCUT2D eigenvalue weighted by atomic mass is 10.1. The molecule has 0 fully saturated rings. The Kier molecular flexibility index (Phi) is 3.27. The molecule has 0 saturated carbocycles. The monoisotopic (exact) mass is 363 g/mol. The van der Waals surface area contributed by atoms with Gasteiger partial charge in [-0.25, -0.2) is 4.98 Å². The van der Waals surface area contributed by atoms with Gasteiger partial charge in [0.15, 0.2) is 0 Å². The number of fused-ring (bicyclic) bond motifs is 4. The van der Waals surface area contributed by atoms with Gasteiger partial charge >= 0.3 is 0 Å². The summed E-state index contributed by atoms with van der Waals surface area (Å²) in [6.45, 7) is 0. The largest absolute Gasteiger partial charge is 0.377 e. The first-order valence-corrected chi connectivity index (χ1v) is 9.22. The van der Waals surface area contributed by atoms with Crippen LogP contribution in [0.3, 0.4) is 0 Å². The van der Waals surface area contributed by atoms with Crippen LogP contribution in [0, 0.1) is 0 Å². The Morgan fingerprint density at radius 2 is 2.15 bits per heavy atom. The number of nitrogens with zero attached hydrogens (tertiary/aromatic N) is 3. The molecule has 1 atom stereocenters. The van der Waals surface area contributed by atoms with Crippen molar-refractivity contribution < 1.29 is 0 Å². The summed E-state index contributed by atoms with van der Waals surface area (Å²) in [6, 6.07) is 7.91. The van der Waals surface area contributed by atoms with Crippen molar-refractivity contribution in [2.75, 3.05) is 14.1 Å². The van der Waals surface area contributed by atoms with Crippen LogP contribution in [0.4, 0.5) is 0 Å². The average Bonchev–Trinajstić information content (AvgIpc) is 3.25. The van der Waals surface area contributed by atoms with Crippen LogP contribution in [0.15, 0.2) is 64.5 Å². The standard InChI is InChI=1S/C19H17N5OS/c1-23(2)14-6-8-21-18-15(14)16-17(26-18)19(25)24(10-22-16)12-3-4-13-11(9-12)5-7-20-13/h3-10,18,20-21H,1-2H3. The zero-order valence-electron chi connectivity index (χ0n) is 14.4. The molecule has 2 N–H and O–H groups in total. The van der Waals surface area contributed by atoms with Gasteiger partial charge in [0, 0.05) is 42.5 Å². The third kappa shape index (κ3) is 2.13. The Morgan fingerprint density at radius 3 is 3.00 bits per heavy atom. The van der Waals surface area contributed by atoms with Crippen LogP contribution in [0.25, 0.3) is 22.2 Å². The molecular formula is C19H17N5OS. The van der Waals surface area contributed by atoms with Gasteiger partial charge in [0.1, 0.15) is 16.6 Å². The van der Waals surface area contributed by atoms with E-state index < -0.39 is 0 Å². The van der Waals surface area contributed by atoms with Gasteiger partial charge in [0.05, 0.1) is 11.4 Å². The molecule has 1 aromatic carbocycles. The van der Waals surface area contributed by atoms with Gasteiger partial charge < -0.3 is 15.2 Å². The molecule has 2 aromatic heterocycles. The number of aromatic amines is 1. The van der Waals surface area contributed by atoms with Crippen molar-refractivity contribution in [1.82, 2.24) is 24.8 Å². The van der Waals surface area contributed by atoms with Crippen LogP contribution in [0.2, 0.25) is 0 Å². The zero-order valence-corrected chi connectivity index (χ0v) is 15.2. The van der Waals surface area contributed by atoms with Crippen molar-refractivity contribution in [3.8, 4) is 5.69 Å².